The largest absolute Gasteiger partial charge is 0.489 e. The molecule has 0 aliphatic heterocycles. The van der Waals surface area contributed by atoms with E-state index in [1.807, 2.05) is 55.5 Å². The summed E-state index contributed by atoms with van der Waals surface area (Å²) in [6.07, 6.45) is 2.73. The van der Waals surface area contributed by atoms with Crippen molar-refractivity contribution in [1.82, 2.24) is 14.3 Å². The van der Waals surface area contributed by atoms with Crippen molar-refractivity contribution >= 4 is 5.97 Å². The van der Waals surface area contributed by atoms with Crippen LogP contribution in [0.15, 0.2) is 77.6 Å². The van der Waals surface area contributed by atoms with E-state index in [0.29, 0.717) is 18.9 Å². The smallest absolute Gasteiger partial charge is 0.351 e. The van der Waals surface area contributed by atoms with Crippen molar-refractivity contribution in [1.29, 1.82) is 0 Å². The van der Waals surface area contributed by atoms with Crippen LogP contribution in [-0.4, -0.2) is 25.4 Å². The van der Waals surface area contributed by atoms with E-state index in [2.05, 4.69) is 12.0 Å². The summed E-state index contributed by atoms with van der Waals surface area (Å²) in [4.78, 5) is 24.3. The number of aromatic nitrogens is 3. The molecular formula is C28H29N3O4. The van der Waals surface area contributed by atoms with Crippen LogP contribution in [-0.2, 0) is 19.6 Å². The monoisotopic (exact) mass is 471 g/mol. The molecule has 7 nitrogen and oxygen atoms in total. The molecule has 1 heterocycles. The SMILES string of the molecule is CCCCc1nn(-c2ccccc2C)c(=O)n1Cc1ccc(OCc2ccc(C(=O)O)cc2)cc1. The van der Waals surface area contributed by atoms with Gasteiger partial charge in [0.2, 0.25) is 0 Å². The van der Waals surface area contributed by atoms with Crippen LogP contribution in [0, 0.1) is 6.92 Å². The lowest BCUT2D eigenvalue weighted by Gasteiger charge is -2.09. The van der Waals surface area contributed by atoms with Gasteiger partial charge in [0.1, 0.15) is 18.2 Å². The second kappa shape index (κ2) is 10.9. The Kier molecular flexibility index (Phi) is 7.45. The number of carboxylic acids is 1. The topological polar surface area (TPSA) is 86.4 Å². The number of para-hydroxylation sites is 1. The molecule has 1 aromatic heterocycles. The normalized spacial score (nSPS) is 10.9. The summed E-state index contributed by atoms with van der Waals surface area (Å²) in [6.45, 7) is 4.87. The minimum Gasteiger partial charge on any atom is -0.489 e. The second-order valence-electron chi connectivity index (χ2n) is 8.52. The Labute approximate surface area is 204 Å². The Morgan fingerprint density at radius 2 is 1.66 bits per heavy atom. The van der Waals surface area contributed by atoms with E-state index in [1.54, 1.807) is 28.8 Å². The van der Waals surface area contributed by atoms with Crippen LogP contribution < -0.4 is 10.4 Å². The summed E-state index contributed by atoms with van der Waals surface area (Å²) in [6, 6.07) is 22.0. The van der Waals surface area contributed by atoms with Gasteiger partial charge in [-0.1, -0.05) is 55.8 Å². The standard InChI is InChI=1S/C28H29N3O4/c1-3-4-9-26-29-31(25-8-6-5-7-20(25)2)28(34)30(26)18-21-12-16-24(17-13-21)35-19-22-10-14-23(15-11-22)27(32)33/h5-8,10-17H,3-4,9,18-19H2,1-2H3,(H,32,33). The van der Waals surface area contributed by atoms with Crippen LogP contribution in [0.25, 0.3) is 5.69 Å². The minimum absolute atomic E-state index is 0.143. The molecule has 180 valence electrons. The zero-order valence-electron chi connectivity index (χ0n) is 20.0. The number of nitrogens with zero attached hydrogens (tertiary/aromatic N) is 3. The van der Waals surface area contributed by atoms with Gasteiger partial charge in [-0.25, -0.2) is 9.59 Å². The summed E-state index contributed by atoms with van der Waals surface area (Å²) in [5.74, 6) is 0.532. The Morgan fingerprint density at radius 1 is 0.971 bits per heavy atom. The summed E-state index contributed by atoms with van der Waals surface area (Å²) >= 11 is 0. The quantitative estimate of drug-likeness (QED) is 0.351. The van der Waals surface area contributed by atoms with E-state index >= 15 is 0 Å². The highest BCUT2D eigenvalue weighted by Gasteiger charge is 2.16. The highest BCUT2D eigenvalue weighted by atomic mass is 16.5. The summed E-state index contributed by atoms with van der Waals surface area (Å²) in [5.41, 5.74) is 3.77. The fourth-order valence-corrected chi connectivity index (χ4v) is 3.86. The molecule has 35 heavy (non-hydrogen) atoms. The average Bonchev–Trinajstić information content (AvgIpc) is 3.17. The van der Waals surface area contributed by atoms with Crippen LogP contribution in [0.4, 0.5) is 0 Å². The first-order valence-electron chi connectivity index (χ1n) is 11.7. The second-order valence-corrected chi connectivity index (χ2v) is 8.52. The number of hydrogen-bond acceptors (Lipinski definition) is 4. The molecule has 0 amide bonds. The molecule has 0 aliphatic rings. The van der Waals surface area contributed by atoms with Gasteiger partial charge in [0, 0.05) is 6.42 Å². The Bertz CT molecular complexity index is 1350. The minimum atomic E-state index is -0.950. The molecule has 0 saturated heterocycles. The first-order chi connectivity index (χ1) is 17.0. The first-order valence-corrected chi connectivity index (χ1v) is 11.7. The molecule has 7 heteroatoms. The van der Waals surface area contributed by atoms with Crippen molar-refractivity contribution in [2.24, 2.45) is 0 Å². The fraction of sp³-hybridized carbons (Fsp3) is 0.250. The number of carbonyl (C=O) groups is 1. The molecule has 0 atom stereocenters. The van der Waals surface area contributed by atoms with Crippen LogP contribution in [0.5, 0.6) is 5.75 Å². The first kappa shape index (κ1) is 24.0. The number of ether oxygens (including phenoxy) is 1. The molecule has 3 aromatic carbocycles. The van der Waals surface area contributed by atoms with E-state index < -0.39 is 5.97 Å². The molecule has 0 fully saturated rings. The van der Waals surface area contributed by atoms with Crippen LogP contribution in [0.2, 0.25) is 0 Å². The summed E-state index contributed by atoms with van der Waals surface area (Å²) < 4.78 is 9.10. The fourth-order valence-electron chi connectivity index (χ4n) is 3.86. The van der Waals surface area contributed by atoms with E-state index in [0.717, 1.165) is 47.5 Å². The third-order valence-corrected chi connectivity index (χ3v) is 5.91. The maximum Gasteiger partial charge on any atom is 0.351 e. The molecule has 0 unspecified atom stereocenters. The maximum absolute atomic E-state index is 13.3. The van der Waals surface area contributed by atoms with Crippen molar-refractivity contribution in [3.05, 3.63) is 111 Å². The Balaban J connectivity index is 1.50. The number of carboxylic acid groups (broad SMARTS) is 1. The number of benzene rings is 3. The highest BCUT2D eigenvalue weighted by molar-refractivity contribution is 5.87. The molecular weight excluding hydrogens is 442 g/mol. The molecule has 1 N–H and O–H groups in total. The molecule has 0 bridgehead atoms. The van der Waals surface area contributed by atoms with E-state index in [1.165, 1.54) is 4.68 Å². The predicted octanol–water partition coefficient (Wildman–Crippen LogP) is 5.01. The van der Waals surface area contributed by atoms with Crippen LogP contribution in [0.3, 0.4) is 0 Å². The van der Waals surface area contributed by atoms with Gasteiger partial charge in [0.25, 0.3) is 0 Å². The zero-order chi connectivity index (χ0) is 24.8. The molecule has 4 aromatic rings. The van der Waals surface area contributed by atoms with E-state index in [9.17, 15) is 9.59 Å². The van der Waals surface area contributed by atoms with E-state index in [4.69, 9.17) is 9.84 Å². The van der Waals surface area contributed by atoms with Gasteiger partial charge in [-0.3, -0.25) is 4.57 Å². The van der Waals surface area contributed by atoms with E-state index in [-0.39, 0.29) is 11.3 Å². The van der Waals surface area contributed by atoms with Crippen molar-refractivity contribution < 1.29 is 14.6 Å². The Hall–Kier alpha value is -4.13. The van der Waals surface area contributed by atoms with Gasteiger partial charge in [0.05, 0.1) is 17.8 Å². The zero-order valence-corrected chi connectivity index (χ0v) is 20.0. The van der Waals surface area contributed by atoms with Gasteiger partial charge >= 0.3 is 11.7 Å². The highest BCUT2D eigenvalue weighted by Crippen LogP contribution is 2.17. The number of hydrogen-bond donors (Lipinski definition) is 1. The maximum atomic E-state index is 13.3. The molecule has 4 rings (SSSR count). The van der Waals surface area contributed by atoms with Gasteiger partial charge in [-0.05, 0) is 60.4 Å². The third-order valence-electron chi connectivity index (χ3n) is 5.91. The Morgan fingerprint density at radius 3 is 2.31 bits per heavy atom. The van der Waals surface area contributed by atoms with Gasteiger partial charge < -0.3 is 9.84 Å². The van der Waals surface area contributed by atoms with Crippen molar-refractivity contribution in [3.8, 4) is 11.4 Å². The average molecular weight is 472 g/mol. The van der Waals surface area contributed by atoms with Crippen molar-refractivity contribution in [2.75, 3.05) is 0 Å². The lowest BCUT2D eigenvalue weighted by atomic mass is 10.1. The van der Waals surface area contributed by atoms with Crippen molar-refractivity contribution in [2.45, 2.75) is 46.3 Å². The van der Waals surface area contributed by atoms with Crippen molar-refractivity contribution in [3.63, 3.8) is 0 Å². The van der Waals surface area contributed by atoms with Crippen LogP contribution in [0.1, 0.15) is 52.6 Å². The number of unbranched alkanes of at least 4 members (excludes halogenated alkanes) is 1. The molecule has 0 spiro atoms. The molecule has 0 saturated carbocycles. The summed E-state index contributed by atoms with van der Waals surface area (Å²) in [5, 5.41) is 13.7. The lowest BCUT2D eigenvalue weighted by Crippen LogP contribution is -2.25. The summed E-state index contributed by atoms with van der Waals surface area (Å²) in [7, 11) is 0. The lowest BCUT2D eigenvalue weighted by molar-refractivity contribution is 0.0697. The third kappa shape index (κ3) is 5.69. The molecule has 0 aliphatic carbocycles. The van der Waals surface area contributed by atoms with Gasteiger partial charge in [0.15, 0.2) is 0 Å². The van der Waals surface area contributed by atoms with Crippen LogP contribution >= 0.6 is 0 Å². The number of rotatable bonds is 10. The number of aromatic carboxylic acids is 1. The molecule has 0 radical (unpaired) electrons. The van der Waals surface area contributed by atoms with Gasteiger partial charge in [-0.15, -0.1) is 5.10 Å². The number of aryl methyl sites for hydroxylation is 2. The predicted molar refractivity (Wildman–Crippen MR) is 134 cm³/mol. The van der Waals surface area contributed by atoms with Gasteiger partial charge in [-0.2, -0.15) is 4.68 Å².